The van der Waals surface area contributed by atoms with Gasteiger partial charge in [0.05, 0.1) is 6.61 Å². The van der Waals surface area contributed by atoms with Gasteiger partial charge in [-0.2, -0.15) is 0 Å². The SMILES string of the molecule is CCOC(=O)CCCNC(=O)C1CCNCC1. The lowest BCUT2D eigenvalue weighted by Gasteiger charge is -2.21. The van der Waals surface area contributed by atoms with Crippen molar-refractivity contribution >= 4 is 11.9 Å². The summed E-state index contributed by atoms with van der Waals surface area (Å²) in [5.41, 5.74) is 0. The molecule has 0 saturated carbocycles. The molecule has 0 spiro atoms. The molecule has 98 valence electrons. The summed E-state index contributed by atoms with van der Waals surface area (Å²) < 4.78 is 4.81. The summed E-state index contributed by atoms with van der Waals surface area (Å²) in [4.78, 5) is 22.8. The molecule has 0 aromatic heterocycles. The van der Waals surface area contributed by atoms with E-state index in [0.29, 0.717) is 26.0 Å². The minimum Gasteiger partial charge on any atom is -0.466 e. The van der Waals surface area contributed by atoms with E-state index in [9.17, 15) is 9.59 Å². The fourth-order valence-electron chi connectivity index (χ4n) is 1.91. The number of rotatable bonds is 6. The number of hydrogen-bond donors (Lipinski definition) is 2. The normalized spacial score (nSPS) is 16.5. The predicted molar refractivity (Wildman–Crippen MR) is 64.5 cm³/mol. The Morgan fingerprint density at radius 2 is 2.06 bits per heavy atom. The van der Waals surface area contributed by atoms with E-state index in [1.807, 2.05) is 0 Å². The maximum absolute atomic E-state index is 11.7. The maximum Gasteiger partial charge on any atom is 0.305 e. The van der Waals surface area contributed by atoms with Crippen LogP contribution in [0.25, 0.3) is 0 Å². The molecule has 0 bridgehead atoms. The van der Waals surface area contributed by atoms with Crippen molar-refractivity contribution in [2.45, 2.75) is 32.6 Å². The first-order chi connectivity index (χ1) is 8.24. The van der Waals surface area contributed by atoms with Gasteiger partial charge in [0.1, 0.15) is 0 Å². The third-order valence-electron chi connectivity index (χ3n) is 2.87. The summed E-state index contributed by atoms with van der Waals surface area (Å²) in [5.74, 6) is 0.0674. The number of esters is 1. The standard InChI is InChI=1S/C12H22N2O3/c1-2-17-11(15)4-3-7-14-12(16)10-5-8-13-9-6-10/h10,13H,2-9H2,1H3,(H,14,16). The van der Waals surface area contributed by atoms with Crippen LogP contribution in [-0.4, -0.2) is 38.1 Å². The van der Waals surface area contributed by atoms with Crippen LogP contribution in [0.4, 0.5) is 0 Å². The quantitative estimate of drug-likeness (QED) is 0.524. The summed E-state index contributed by atoms with van der Waals surface area (Å²) in [5, 5.41) is 6.10. The van der Waals surface area contributed by atoms with E-state index in [1.54, 1.807) is 6.92 Å². The van der Waals surface area contributed by atoms with Crippen molar-refractivity contribution in [3.63, 3.8) is 0 Å². The smallest absolute Gasteiger partial charge is 0.305 e. The van der Waals surface area contributed by atoms with Gasteiger partial charge in [-0.1, -0.05) is 0 Å². The molecule has 2 N–H and O–H groups in total. The van der Waals surface area contributed by atoms with Crippen LogP contribution < -0.4 is 10.6 Å². The van der Waals surface area contributed by atoms with E-state index in [4.69, 9.17) is 4.74 Å². The molecule has 0 atom stereocenters. The molecule has 1 aliphatic heterocycles. The van der Waals surface area contributed by atoms with Crippen molar-refractivity contribution < 1.29 is 14.3 Å². The zero-order valence-corrected chi connectivity index (χ0v) is 10.5. The lowest BCUT2D eigenvalue weighted by molar-refractivity contribution is -0.143. The van der Waals surface area contributed by atoms with Crippen LogP contribution >= 0.6 is 0 Å². The molecular formula is C12H22N2O3. The highest BCUT2D eigenvalue weighted by Crippen LogP contribution is 2.11. The second kappa shape index (κ2) is 8.06. The average molecular weight is 242 g/mol. The number of ether oxygens (including phenoxy) is 1. The third kappa shape index (κ3) is 5.68. The Bertz CT molecular complexity index is 250. The Morgan fingerprint density at radius 1 is 1.35 bits per heavy atom. The van der Waals surface area contributed by atoms with Gasteiger partial charge >= 0.3 is 5.97 Å². The van der Waals surface area contributed by atoms with Crippen molar-refractivity contribution in [3.8, 4) is 0 Å². The molecule has 1 aliphatic rings. The van der Waals surface area contributed by atoms with Crippen molar-refractivity contribution in [1.82, 2.24) is 10.6 Å². The minimum atomic E-state index is -0.191. The Labute approximate surface area is 102 Å². The Hall–Kier alpha value is -1.10. The third-order valence-corrected chi connectivity index (χ3v) is 2.87. The molecule has 0 aromatic rings. The fourth-order valence-corrected chi connectivity index (χ4v) is 1.91. The van der Waals surface area contributed by atoms with E-state index in [0.717, 1.165) is 25.9 Å². The Balaban J connectivity index is 2.05. The van der Waals surface area contributed by atoms with Crippen LogP contribution in [0.2, 0.25) is 0 Å². The monoisotopic (exact) mass is 242 g/mol. The van der Waals surface area contributed by atoms with Crippen LogP contribution in [-0.2, 0) is 14.3 Å². The van der Waals surface area contributed by atoms with E-state index in [1.165, 1.54) is 0 Å². The number of carbonyl (C=O) groups is 2. The molecule has 1 heterocycles. The van der Waals surface area contributed by atoms with Crippen molar-refractivity contribution in [3.05, 3.63) is 0 Å². The maximum atomic E-state index is 11.7. The van der Waals surface area contributed by atoms with Crippen LogP contribution in [0.5, 0.6) is 0 Å². The first-order valence-electron chi connectivity index (χ1n) is 6.38. The molecule has 1 fully saturated rings. The van der Waals surface area contributed by atoms with Gasteiger partial charge in [-0.3, -0.25) is 9.59 Å². The first-order valence-corrected chi connectivity index (χ1v) is 6.38. The highest BCUT2D eigenvalue weighted by atomic mass is 16.5. The number of piperidine rings is 1. The summed E-state index contributed by atoms with van der Waals surface area (Å²) in [7, 11) is 0. The number of nitrogens with one attached hydrogen (secondary N) is 2. The van der Waals surface area contributed by atoms with Gasteiger partial charge in [0.2, 0.25) is 5.91 Å². The molecular weight excluding hydrogens is 220 g/mol. The second-order valence-electron chi connectivity index (χ2n) is 4.22. The molecule has 0 aliphatic carbocycles. The van der Waals surface area contributed by atoms with E-state index in [2.05, 4.69) is 10.6 Å². The van der Waals surface area contributed by atoms with E-state index < -0.39 is 0 Å². The van der Waals surface area contributed by atoms with E-state index in [-0.39, 0.29) is 17.8 Å². The number of amides is 1. The summed E-state index contributed by atoms with van der Waals surface area (Å²) in [6.45, 7) is 4.60. The lowest BCUT2D eigenvalue weighted by Crippen LogP contribution is -2.38. The molecule has 0 radical (unpaired) electrons. The van der Waals surface area contributed by atoms with Crippen molar-refractivity contribution in [1.29, 1.82) is 0 Å². The molecule has 1 rings (SSSR count). The molecule has 0 aromatic carbocycles. The number of hydrogen-bond acceptors (Lipinski definition) is 4. The Morgan fingerprint density at radius 3 is 2.71 bits per heavy atom. The molecule has 5 heteroatoms. The average Bonchev–Trinajstić information content (AvgIpc) is 2.36. The molecule has 17 heavy (non-hydrogen) atoms. The van der Waals surface area contributed by atoms with Gasteiger partial charge in [0.15, 0.2) is 0 Å². The van der Waals surface area contributed by atoms with Gasteiger partial charge in [-0.15, -0.1) is 0 Å². The second-order valence-corrected chi connectivity index (χ2v) is 4.22. The Kier molecular flexibility index (Phi) is 6.62. The van der Waals surface area contributed by atoms with Gasteiger partial charge in [0, 0.05) is 18.9 Å². The minimum absolute atomic E-state index is 0.121. The molecule has 1 saturated heterocycles. The zero-order valence-electron chi connectivity index (χ0n) is 10.5. The van der Waals surface area contributed by atoms with E-state index >= 15 is 0 Å². The van der Waals surface area contributed by atoms with Crippen molar-refractivity contribution in [2.75, 3.05) is 26.2 Å². The topological polar surface area (TPSA) is 67.4 Å². The first kappa shape index (κ1) is 14.0. The van der Waals surface area contributed by atoms with Gasteiger partial charge in [-0.25, -0.2) is 0 Å². The summed E-state index contributed by atoms with van der Waals surface area (Å²) >= 11 is 0. The largest absolute Gasteiger partial charge is 0.466 e. The molecule has 0 unspecified atom stereocenters. The van der Waals surface area contributed by atoms with Crippen LogP contribution in [0.1, 0.15) is 32.6 Å². The summed E-state index contributed by atoms with van der Waals surface area (Å²) in [6.07, 6.45) is 2.84. The predicted octanol–water partition coefficient (Wildman–Crippen LogP) is 0.445. The number of carbonyl (C=O) groups excluding carboxylic acids is 2. The van der Waals surface area contributed by atoms with Gasteiger partial charge < -0.3 is 15.4 Å². The summed E-state index contributed by atoms with van der Waals surface area (Å²) in [6, 6.07) is 0. The molecule has 5 nitrogen and oxygen atoms in total. The lowest BCUT2D eigenvalue weighted by atomic mass is 9.97. The van der Waals surface area contributed by atoms with Crippen LogP contribution in [0.3, 0.4) is 0 Å². The highest BCUT2D eigenvalue weighted by molar-refractivity contribution is 5.78. The zero-order chi connectivity index (χ0) is 12.5. The highest BCUT2D eigenvalue weighted by Gasteiger charge is 2.20. The van der Waals surface area contributed by atoms with Gasteiger partial charge in [0.25, 0.3) is 0 Å². The fraction of sp³-hybridized carbons (Fsp3) is 0.833. The van der Waals surface area contributed by atoms with Crippen LogP contribution in [0.15, 0.2) is 0 Å². The van der Waals surface area contributed by atoms with Crippen molar-refractivity contribution in [2.24, 2.45) is 5.92 Å². The molecule has 1 amide bonds. The van der Waals surface area contributed by atoms with Gasteiger partial charge in [-0.05, 0) is 39.3 Å². The van der Waals surface area contributed by atoms with Crippen LogP contribution in [0, 0.1) is 5.92 Å².